The van der Waals surface area contributed by atoms with Crippen LogP contribution in [-0.2, 0) is 20.7 Å². The molecule has 1 aromatic carbocycles. The quantitative estimate of drug-likeness (QED) is 0.409. The van der Waals surface area contributed by atoms with Gasteiger partial charge >= 0.3 is 5.97 Å². The molecule has 0 bridgehead atoms. The fourth-order valence-corrected chi connectivity index (χ4v) is 1.50. The Balaban J connectivity index is 2.87. The highest BCUT2D eigenvalue weighted by Gasteiger charge is 2.21. The van der Waals surface area contributed by atoms with E-state index in [0.717, 1.165) is 6.08 Å². The van der Waals surface area contributed by atoms with Gasteiger partial charge in [0.25, 0.3) is 0 Å². The van der Waals surface area contributed by atoms with Crippen molar-refractivity contribution in [3.8, 4) is 11.5 Å². The number of ether oxygens (including phenoxy) is 1. The summed E-state index contributed by atoms with van der Waals surface area (Å²) in [6, 6.07) is 3.25. The Bertz CT molecular complexity index is 498. The van der Waals surface area contributed by atoms with E-state index in [1.54, 1.807) is 0 Å². The Labute approximate surface area is 110 Å². The Hall–Kier alpha value is -2.50. The largest absolute Gasteiger partial charge is 0.504 e. The SMILES string of the molecule is C=CC(=O)NC(Cc1ccc(O)c(O)c1)C(=O)OC. The second-order valence-corrected chi connectivity index (χ2v) is 3.82. The molecule has 0 saturated heterocycles. The van der Waals surface area contributed by atoms with Crippen molar-refractivity contribution in [2.24, 2.45) is 0 Å². The van der Waals surface area contributed by atoms with Gasteiger partial charge in [0.1, 0.15) is 6.04 Å². The first-order valence-electron chi connectivity index (χ1n) is 5.49. The number of esters is 1. The number of hydrogen-bond acceptors (Lipinski definition) is 5. The van der Waals surface area contributed by atoms with Gasteiger partial charge in [-0.3, -0.25) is 4.79 Å². The van der Waals surface area contributed by atoms with Gasteiger partial charge in [0, 0.05) is 6.42 Å². The minimum Gasteiger partial charge on any atom is -0.504 e. The summed E-state index contributed by atoms with van der Waals surface area (Å²) in [7, 11) is 1.21. The van der Waals surface area contributed by atoms with Crippen LogP contribution in [0.3, 0.4) is 0 Å². The number of carbonyl (C=O) groups excluding carboxylic acids is 2. The van der Waals surface area contributed by atoms with E-state index < -0.39 is 17.9 Å². The summed E-state index contributed by atoms with van der Waals surface area (Å²) in [5, 5.41) is 21.0. The van der Waals surface area contributed by atoms with E-state index in [4.69, 9.17) is 0 Å². The monoisotopic (exact) mass is 265 g/mol. The normalized spacial score (nSPS) is 11.4. The Morgan fingerprint density at radius 3 is 2.63 bits per heavy atom. The van der Waals surface area contributed by atoms with E-state index in [9.17, 15) is 19.8 Å². The molecule has 0 fully saturated rings. The third-order valence-corrected chi connectivity index (χ3v) is 2.47. The van der Waals surface area contributed by atoms with E-state index in [-0.39, 0.29) is 17.9 Å². The molecule has 1 atom stereocenters. The highest BCUT2D eigenvalue weighted by molar-refractivity contribution is 5.91. The van der Waals surface area contributed by atoms with Crippen LogP contribution in [0.15, 0.2) is 30.9 Å². The smallest absolute Gasteiger partial charge is 0.328 e. The number of amides is 1. The van der Waals surface area contributed by atoms with E-state index >= 15 is 0 Å². The summed E-state index contributed by atoms with van der Waals surface area (Å²) in [5.74, 6) is -1.66. The van der Waals surface area contributed by atoms with Crippen molar-refractivity contribution in [1.82, 2.24) is 5.32 Å². The molecule has 0 aliphatic heterocycles. The number of nitrogens with one attached hydrogen (secondary N) is 1. The second kappa shape index (κ2) is 6.44. The first-order valence-corrected chi connectivity index (χ1v) is 5.49. The van der Waals surface area contributed by atoms with Crippen LogP contribution in [0.5, 0.6) is 11.5 Å². The minimum atomic E-state index is -0.889. The molecule has 3 N–H and O–H groups in total. The molecular formula is C13H15NO5. The minimum absolute atomic E-state index is 0.125. The van der Waals surface area contributed by atoms with Crippen LogP contribution < -0.4 is 5.32 Å². The average molecular weight is 265 g/mol. The third kappa shape index (κ3) is 4.02. The first-order chi connectivity index (χ1) is 8.97. The number of methoxy groups -OCH3 is 1. The molecule has 1 aromatic rings. The predicted octanol–water partition coefficient (Wildman–Crippen LogP) is 0.484. The molecule has 19 heavy (non-hydrogen) atoms. The van der Waals surface area contributed by atoms with Gasteiger partial charge in [-0.25, -0.2) is 4.79 Å². The predicted molar refractivity (Wildman–Crippen MR) is 67.6 cm³/mol. The second-order valence-electron chi connectivity index (χ2n) is 3.82. The fraction of sp³-hybridized carbons (Fsp3) is 0.231. The molecule has 102 valence electrons. The van der Waals surface area contributed by atoms with Gasteiger partial charge in [-0.1, -0.05) is 12.6 Å². The number of phenols is 2. The number of aromatic hydroxyl groups is 2. The average Bonchev–Trinajstić information content (AvgIpc) is 2.41. The number of benzene rings is 1. The van der Waals surface area contributed by atoms with Gasteiger partial charge < -0.3 is 20.3 Å². The van der Waals surface area contributed by atoms with Crippen LogP contribution in [0.25, 0.3) is 0 Å². The summed E-state index contributed by atoms with van der Waals surface area (Å²) in [4.78, 5) is 22.8. The van der Waals surface area contributed by atoms with Gasteiger partial charge in [-0.2, -0.15) is 0 Å². The first kappa shape index (κ1) is 14.6. The summed E-state index contributed by atoms with van der Waals surface area (Å²) in [5.41, 5.74) is 0.565. The summed E-state index contributed by atoms with van der Waals surface area (Å²) >= 11 is 0. The van der Waals surface area contributed by atoms with Crippen molar-refractivity contribution in [2.45, 2.75) is 12.5 Å². The zero-order chi connectivity index (χ0) is 14.4. The molecule has 1 amide bonds. The highest BCUT2D eigenvalue weighted by atomic mass is 16.5. The van der Waals surface area contributed by atoms with Crippen LogP contribution >= 0.6 is 0 Å². The van der Waals surface area contributed by atoms with Crippen LogP contribution in [0.2, 0.25) is 0 Å². The molecular weight excluding hydrogens is 250 g/mol. The Morgan fingerprint density at radius 2 is 2.11 bits per heavy atom. The lowest BCUT2D eigenvalue weighted by atomic mass is 10.1. The van der Waals surface area contributed by atoms with E-state index in [0.29, 0.717) is 5.56 Å². The van der Waals surface area contributed by atoms with Crippen LogP contribution in [-0.4, -0.2) is 35.2 Å². The van der Waals surface area contributed by atoms with E-state index in [1.807, 2.05) is 0 Å². The van der Waals surface area contributed by atoms with Gasteiger partial charge in [-0.05, 0) is 23.8 Å². The lowest BCUT2D eigenvalue weighted by Gasteiger charge is -2.15. The van der Waals surface area contributed by atoms with Crippen LogP contribution in [0.4, 0.5) is 0 Å². The Morgan fingerprint density at radius 1 is 1.42 bits per heavy atom. The molecule has 0 aliphatic rings. The third-order valence-electron chi connectivity index (χ3n) is 2.47. The highest BCUT2D eigenvalue weighted by Crippen LogP contribution is 2.25. The van der Waals surface area contributed by atoms with Crippen molar-refractivity contribution in [3.63, 3.8) is 0 Å². The Kier molecular flexibility index (Phi) is 4.93. The van der Waals surface area contributed by atoms with Gasteiger partial charge in [-0.15, -0.1) is 0 Å². The molecule has 0 saturated carbocycles. The van der Waals surface area contributed by atoms with Gasteiger partial charge in [0.05, 0.1) is 7.11 Å². The lowest BCUT2D eigenvalue weighted by molar-refractivity contribution is -0.144. The zero-order valence-corrected chi connectivity index (χ0v) is 10.4. The molecule has 6 heteroatoms. The maximum atomic E-state index is 11.5. The molecule has 0 spiro atoms. The summed E-state index contributed by atoms with van der Waals surface area (Å²) in [6.45, 7) is 3.29. The number of hydrogen-bond donors (Lipinski definition) is 3. The molecule has 0 heterocycles. The maximum Gasteiger partial charge on any atom is 0.328 e. The molecule has 0 aliphatic carbocycles. The summed E-state index contributed by atoms with van der Waals surface area (Å²) in [6.07, 6.45) is 1.17. The molecule has 0 radical (unpaired) electrons. The van der Waals surface area contributed by atoms with Crippen LogP contribution in [0, 0.1) is 0 Å². The van der Waals surface area contributed by atoms with Gasteiger partial charge in [0.2, 0.25) is 5.91 Å². The standard InChI is InChI=1S/C13H15NO5/c1-3-12(17)14-9(13(18)19-2)6-8-4-5-10(15)11(16)7-8/h3-5,7,9,15-16H,1,6H2,2H3,(H,14,17). The van der Waals surface area contributed by atoms with E-state index in [1.165, 1.54) is 25.3 Å². The number of rotatable bonds is 5. The lowest BCUT2D eigenvalue weighted by Crippen LogP contribution is -2.42. The van der Waals surface area contributed by atoms with Gasteiger partial charge in [0.15, 0.2) is 11.5 Å². The van der Waals surface area contributed by atoms with E-state index in [2.05, 4.69) is 16.6 Å². The number of phenolic OH excluding ortho intramolecular Hbond substituents is 2. The van der Waals surface area contributed by atoms with Crippen LogP contribution in [0.1, 0.15) is 5.56 Å². The zero-order valence-electron chi connectivity index (χ0n) is 10.4. The molecule has 0 aromatic heterocycles. The fourth-order valence-electron chi connectivity index (χ4n) is 1.50. The van der Waals surface area contributed by atoms with Crippen molar-refractivity contribution in [1.29, 1.82) is 0 Å². The van der Waals surface area contributed by atoms with Crippen molar-refractivity contribution >= 4 is 11.9 Å². The molecule has 6 nitrogen and oxygen atoms in total. The maximum absolute atomic E-state index is 11.5. The molecule has 1 rings (SSSR count). The summed E-state index contributed by atoms with van der Waals surface area (Å²) < 4.78 is 4.58. The van der Waals surface area contributed by atoms with Crippen molar-refractivity contribution in [3.05, 3.63) is 36.4 Å². The number of carbonyl (C=O) groups is 2. The van der Waals surface area contributed by atoms with Crippen molar-refractivity contribution in [2.75, 3.05) is 7.11 Å². The molecule has 1 unspecified atom stereocenters. The van der Waals surface area contributed by atoms with Crippen molar-refractivity contribution < 1.29 is 24.5 Å². The topological polar surface area (TPSA) is 95.9 Å².